The Labute approximate surface area is 624 Å². The van der Waals surface area contributed by atoms with Gasteiger partial charge in [-0.2, -0.15) is 0 Å². The molecule has 0 amide bonds. The first-order valence-corrected chi connectivity index (χ1v) is 36.1. The van der Waals surface area contributed by atoms with Crippen molar-refractivity contribution in [2.24, 2.45) is 0 Å². The third kappa shape index (κ3) is 12.0. The molecule has 0 unspecified atom stereocenters. The van der Waals surface area contributed by atoms with Gasteiger partial charge in [0.2, 0.25) is 0 Å². The lowest BCUT2D eigenvalue weighted by Gasteiger charge is -2.44. The van der Waals surface area contributed by atoms with Gasteiger partial charge in [0.15, 0.2) is 11.6 Å². The van der Waals surface area contributed by atoms with E-state index in [1.165, 1.54) is 22.1 Å². The number of anilines is 6. The minimum atomic E-state index is -0.483. The van der Waals surface area contributed by atoms with Crippen LogP contribution in [0.2, 0.25) is 0 Å². The van der Waals surface area contributed by atoms with E-state index in [1.54, 1.807) is 12.1 Å². The van der Waals surface area contributed by atoms with Crippen LogP contribution in [0.3, 0.4) is 0 Å². The van der Waals surface area contributed by atoms with Gasteiger partial charge in [0.05, 0.1) is 50.6 Å². The Balaban J connectivity index is 0.762. The Morgan fingerprint density at radius 1 is 0.296 bits per heavy atom. The molecule has 19 rings (SSSR count). The molecule has 0 saturated heterocycles. The van der Waals surface area contributed by atoms with Crippen LogP contribution in [0.25, 0.3) is 106 Å². The average Bonchev–Trinajstić information content (AvgIpc) is 1.02. The lowest BCUT2D eigenvalue weighted by atomic mass is 9.33. The minimum Gasteiger partial charge on any atom is -0.457 e. The molecule has 14 aromatic carbocycles. The van der Waals surface area contributed by atoms with Crippen LogP contribution >= 0.6 is 0 Å². The molecule has 2 aliphatic rings. The third-order valence-electron chi connectivity index (χ3n) is 20.5. The van der Waals surface area contributed by atoms with Crippen LogP contribution in [0.4, 0.5) is 34.1 Å². The Bertz CT molecular complexity index is 6130. The van der Waals surface area contributed by atoms with Crippen molar-refractivity contribution < 1.29 is 19.1 Å². The van der Waals surface area contributed by atoms with Gasteiger partial charge < -0.3 is 23.8 Å². The van der Waals surface area contributed by atoms with E-state index in [4.69, 9.17) is 29.4 Å². The number of hydrogen-bond acceptors (Lipinski definition) is 10. The van der Waals surface area contributed by atoms with Crippen LogP contribution in [-0.2, 0) is 22.7 Å². The summed E-state index contributed by atoms with van der Waals surface area (Å²) >= 11 is 0. The summed E-state index contributed by atoms with van der Waals surface area (Å²) in [5.74, 6) is 0.124. The highest BCUT2D eigenvalue weighted by molar-refractivity contribution is 7.00. The van der Waals surface area contributed by atoms with Crippen molar-refractivity contribution >= 4 is 91.0 Å². The van der Waals surface area contributed by atoms with Crippen molar-refractivity contribution in [3.8, 4) is 84.6 Å². The van der Waals surface area contributed by atoms with Crippen LogP contribution in [-0.4, -0.2) is 43.2 Å². The lowest BCUT2D eigenvalue weighted by Crippen LogP contribution is -2.61. The van der Waals surface area contributed by atoms with Gasteiger partial charge >= 0.3 is 11.9 Å². The predicted molar refractivity (Wildman–Crippen MR) is 435 cm³/mol. The highest BCUT2D eigenvalue weighted by Gasteiger charge is 2.43. The topological polar surface area (TPSA) is 116 Å². The molecular weight excluding hydrogens is 1330 g/mol. The van der Waals surface area contributed by atoms with E-state index in [0.717, 1.165) is 117 Å². The van der Waals surface area contributed by atoms with Gasteiger partial charge in [-0.3, -0.25) is 0 Å². The molecule has 17 aromatic rings. The second-order valence-electron chi connectivity index (χ2n) is 27.1. The summed E-state index contributed by atoms with van der Waals surface area (Å²) in [6.45, 7) is 0.226. The van der Waals surface area contributed by atoms with Crippen LogP contribution in [0.15, 0.2) is 364 Å². The number of nitrogens with zero attached hydrogens (tertiary/aromatic N) is 7. The molecule has 2 aliphatic heterocycles. The normalized spacial score (nSPS) is 12.0. The van der Waals surface area contributed by atoms with Crippen molar-refractivity contribution in [1.29, 1.82) is 0 Å². The van der Waals surface area contributed by atoms with E-state index in [9.17, 15) is 9.59 Å². The molecule has 12 heteroatoms. The van der Waals surface area contributed by atoms with Crippen LogP contribution in [0, 0.1) is 0 Å². The standard InChI is InChI=1S/C96H64BN7O4/c105-95(107-61-63-25-7-1-8-26-63)72-48-53-85-76(57-72)77-58-73(96(106)108-62-64-27-9-2-10-28-64)49-54-86(77)104(85)87-52-47-70(83-59-81(66-29-11-3-12-30-66)98-93(100-83)68-33-15-5-16-34-68)56-78(87)84-60-82(67-31-13-4-14-32-67)99-94(101-84)71-36-23-35-69(55-71)65-45-50-75(51-46-65)103-89-42-22-20-40-80(89)97-79-39-19-21-41-88(79)102(74-37-17-6-18-38-74)90-43-24-44-91(103)92(90)97/h1-60H,61-62H2. The molecule has 0 N–H and O–H groups in total. The summed E-state index contributed by atoms with van der Waals surface area (Å²) in [6.07, 6.45) is 0. The van der Waals surface area contributed by atoms with Crippen molar-refractivity contribution in [3.63, 3.8) is 0 Å². The van der Waals surface area contributed by atoms with Crippen LogP contribution in [0.1, 0.15) is 31.8 Å². The first kappa shape index (κ1) is 64.5. The first-order valence-electron chi connectivity index (χ1n) is 36.1. The SMILES string of the molecule is O=C(OCc1ccccc1)c1ccc2c(c1)c1cc(C(=O)OCc3ccccc3)ccc1n2-c1ccc(-c2cc(-c3ccccc3)nc(-c3ccccc3)n2)cc1-c1cc(-c2ccccc2)nc(-c2cccc(-c3ccc(N4c5ccccc5B5c6ccccc6N(c6ccccc6)c6cccc4c65)cc3)c2)n1. The summed E-state index contributed by atoms with van der Waals surface area (Å²) in [5.41, 5.74) is 25.2. The molecule has 0 radical (unpaired) electrons. The molecule has 0 saturated carbocycles. The second kappa shape index (κ2) is 27.7. The molecule has 0 fully saturated rings. The number of carbonyl (C=O) groups excluding carboxylic acids is 2. The molecule has 5 heterocycles. The van der Waals surface area contributed by atoms with Gasteiger partial charge in [-0.05, 0) is 154 Å². The van der Waals surface area contributed by atoms with E-state index in [0.29, 0.717) is 39.9 Å². The summed E-state index contributed by atoms with van der Waals surface area (Å²) in [6, 6.07) is 124. The number of hydrogen-bond donors (Lipinski definition) is 0. The fourth-order valence-electron chi connectivity index (χ4n) is 15.4. The van der Waals surface area contributed by atoms with E-state index in [-0.39, 0.29) is 19.9 Å². The van der Waals surface area contributed by atoms with Gasteiger partial charge in [-0.25, -0.2) is 29.5 Å². The predicted octanol–water partition coefficient (Wildman–Crippen LogP) is 20.8. The van der Waals surface area contributed by atoms with E-state index >= 15 is 0 Å². The Hall–Kier alpha value is -14.4. The quantitative estimate of drug-likeness (QED) is 0.0684. The highest BCUT2D eigenvalue weighted by atomic mass is 16.5. The molecule has 0 aliphatic carbocycles. The fraction of sp³-hybridized carbons (Fsp3) is 0.0208. The zero-order valence-electron chi connectivity index (χ0n) is 58.4. The third-order valence-corrected chi connectivity index (χ3v) is 20.5. The minimum absolute atomic E-state index is 0.0326. The number of aromatic nitrogens is 5. The highest BCUT2D eigenvalue weighted by Crippen LogP contribution is 2.46. The summed E-state index contributed by atoms with van der Waals surface area (Å²) < 4.78 is 14.1. The van der Waals surface area contributed by atoms with Gasteiger partial charge in [0, 0.05) is 78.3 Å². The van der Waals surface area contributed by atoms with E-state index < -0.39 is 11.9 Å². The fourth-order valence-corrected chi connectivity index (χ4v) is 15.4. The number of para-hydroxylation sites is 3. The van der Waals surface area contributed by atoms with Crippen LogP contribution < -0.4 is 26.2 Å². The maximum atomic E-state index is 14.2. The van der Waals surface area contributed by atoms with Crippen LogP contribution in [0.5, 0.6) is 0 Å². The smallest absolute Gasteiger partial charge is 0.338 e. The van der Waals surface area contributed by atoms with Crippen molar-refractivity contribution in [3.05, 3.63) is 386 Å². The molecular formula is C96H64BN7O4. The molecule has 11 nitrogen and oxygen atoms in total. The largest absolute Gasteiger partial charge is 0.457 e. The maximum Gasteiger partial charge on any atom is 0.338 e. The number of ether oxygens (including phenoxy) is 2. The van der Waals surface area contributed by atoms with Gasteiger partial charge in [-0.15, -0.1) is 0 Å². The molecule has 510 valence electrons. The summed E-state index contributed by atoms with van der Waals surface area (Å²) in [7, 11) is 0. The van der Waals surface area contributed by atoms with Crippen molar-refractivity contribution in [2.45, 2.75) is 13.2 Å². The number of rotatable bonds is 16. The van der Waals surface area contributed by atoms with E-state index in [1.807, 2.05) is 158 Å². The number of carbonyl (C=O) groups is 2. The molecule has 108 heavy (non-hydrogen) atoms. The molecule has 0 spiro atoms. The summed E-state index contributed by atoms with van der Waals surface area (Å²) in [4.78, 5) is 55.0. The second-order valence-corrected chi connectivity index (χ2v) is 27.1. The monoisotopic (exact) mass is 1390 g/mol. The Kier molecular flexibility index (Phi) is 16.5. The molecule has 3 aromatic heterocycles. The number of fused-ring (bicyclic) bond motifs is 7. The van der Waals surface area contributed by atoms with E-state index in [2.05, 4.69) is 208 Å². The van der Waals surface area contributed by atoms with Crippen molar-refractivity contribution in [2.75, 3.05) is 9.80 Å². The average molecular weight is 1390 g/mol. The van der Waals surface area contributed by atoms with Crippen molar-refractivity contribution in [1.82, 2.24) is 24.5 Å². The lowest BCUT2D eigenvalue weighted by molar-refractivity contribution is 0.0464. The zero-order valence-corrected chi connectivity index (χ0v) is 58.4. The van der Waals surface area contributed by atoms with Gasteiger partial charge in [0.1, 0.15) is 13.2 Å². The van der Waals surface area contributed by atoms with Gasteiger partial charge in [-0.1, -0.05) is 249 Å². The Morgan fingerprint density at radius 2 is 0.704 bits per heavy atom. The molecule has 0 atom stereocenters. The van der Waals surface area contributed by atoms with Gasteiger partial charge in [0.25, 0.3) is 6.71 Å². The summed E-state index contributed by atoms with van der Waals surface area (Å²) in [5, 5.41) is 1.44. The zero-order chi connectivity index (χ0) is 72.0. The number of benzene rings is 14. The number of esters is 2. The Morgan fingerprint density at radius 3 is 1.25 bits per heavy atom. The first-order chi connectivity index (χ1) is 53.4. The maximum absolute atomic E-state index is 14.2. The molecule has 0 bridgehead atoms.